The van der Waals surface area contributed by atoms with E-state index < -0.39 is 5.97 Å². The summed E-state index contributed by atoms with van der Waals surface area (Å²) in [5.41, 5.74) is 0.0587. The van der Waals surface area contributed by atoms with Crippen LogP contribution in [-0.4, -0.2) is 39.6 Å². The summed E-state index contributed by atoms with van der Waals surface area (Å²) >= 11 is 0. The first-order valence-electron chi connectivity index (χ1n) is 5.50. The lowest BCUT2D eigenvalue weighted by atomic mass is 10.1. The fraction of sp³-hybridized carbons (Fsp3) is 0.545. The molecule has 1 fully saturated rings. The van der Waals surface area contributed by atoms with Gasteiger partial charge in [0.05, 0.1) is 0 Å². The minimum atomic E-state index is -1.22. The average molecular weight is 238 g/mol. The summed E-state index contributed by atoms with van der Waals surface area (Å²) in [6, 6.07) is 1.32. The summed E-state index contributed by atoms with van der Waals surface area (Å²) in [6.45, 7) is 4.73. The van der Waals surface area contributed by atoms with Gasteiger partial charge in [0.15, 0.2) is 5.69 Å². The van der Waals surface area contributed by atoms with Gasteiger partial charge in [-0.25, -0.2) is 4.79 Å². The van der Waals surface area contributed by atoms with Crippen molar-refractivity contribution >= 4 is 11.9 Å². The molecule has 1 aromatic heterocycles. The third kappa shape index (κ3) is 2.15. The monoisotopic (exact) mass is 238 g/mol. The highest BCUT2D eigenvalue weighted by Gasteiger charge is 2.32. The highest BCUT2D eigenvalue weighted by molar-refractivity contribution is 5.95. The minimum Gasteiger partial charge on any atom is -0.475 e. The van der Waals surface area contributed by atoms with Crippen molar-refractivity contribution in [2.24, 2.45) is 5.92 Å². The average Bonchev–Trinajstić information content (AvgIpc) is 2.84. The maximum atomic E-state index is 12.0. The standard InChI is InChI=1S/C11H14N2O4/c1-6-3-7(2)13(5-6)10(14)8-4-9(11(15)16)17-12-8/h4,6-7H,3,5H2,1-2H3,(H,15,16). The van der Waals surface area contributed by atoms with Crippen molar-refractivity contribution in [3.63, 3.8) is 0 Å². The number of hydrogen-bond donors (Lipinski definition) is 1. The van der Waals surface area contributed by atoms with E-state index in [1.807, 2.05) is 6.92 Å². The van der Waals surface area contributed by atoms with Crippen LogP contribution < -0.4 is 0 Å². The molecular weight excluding hydrogens is 224 g/mol. The molecule has 1 N–H and O–H groups in total. The number of carboxylic acid groups (broad SMARTS) is 1. The summed E-state index contributed by atoms with van der Waals surface area (Å²) in [5, 5.41) is 12.2. The van der Waals surface area contributed by atoms with Crippen LogP contribution in [0.1, 0.15) is 41.3 Å². The Morgan fingerprint density at radius 2 is 2.24 bits per heavy atom. The van der Waals surface area contributed by atoms with Gasteiger partial charge in [-0.2, -0.15) is 0 Å². The van der Waals surface area contributed by atoms with Gasteiger partial charge in [-0.3, -0.25) is 4.79 Å². The predicted octanol–water partition coefficient (Wildman–Crippen LogP) is 1.24. The van der Waals surface area contributed by atoms with Crippen molar-refractivity contribution in [3.8, 4) is 0 Å². The van der Waals surface area contributed by atoms with Crippen LogP contribution in [0.15, 0.2) is 10.6 Å². The highest BCUT2D eigenvalue weighted by Crippen LogP contribution is 2.24. The molecule has 0 aromatic carbocycles. The summed E-state index contributed by atoms with van der Waals surface area (Å²) < 4.78 is 4.57. The van der Waals surface area contributed by atoms with Crippen molar-refractivity contribution in [1.82, 2.24) is 10.1 Å². The van der Waals surface area contributed by atoms with E-state index in [-0.39, 0.29) is 23.4 Å². The molecule has 2 unspecified atom stereocenters. The van der Waals surface area contributed by atoms with Crippen LogP contribution in [0.5, 0.6) is 0 Å². The van der Waals surface area contributed by atoms with Gasteiger partial charge in [-0.15, -0.1) is 0 Å². The number of amides is 1. The first-order valence-corrected chi connectivity index (χ1v) is 5.50. The number of carbonyl (C=O) groups excluding carboxylic acids is 1. The van der Waals surface area contributed by atoms with E-state index in [9.17, 15) is 9.59 Å². The van der Waals surface area contributed by atoms with Crippen LogP contribution in [0.25, 0.3) is 0 Å². The van der Waals surface area contributed by atoms with Crippen LogP contribution in [-0.2, 0) is 0 Å². The molecule has 0 bridgehead atoms. The first-order chi connectivity index (χ1) is 7.99. The van der Waals surface area contributed by atoms with Gasteiger partial charge < -0.3 is 14.5 Å². The molecule has 1 aliphatic rings. The summed E-state index contributed by atoms with van der Waals surface area (Å²) in [6.07, 6.45) is 0.954. The maximum absolute atomic E-state index is 12.0. The quantitative estimate of drug-likeness (QED) is 0.838. The normalized spacial score (nSPS) is 24.0. The lowest BCUT2D eigenvalue weighted by Crippen LogP contribution is -2.34. The molecule has 1 aliphatic heterocycles. The lowest BCUT2D eigenvalue weighted by molar-refractivity contribution is 0.0648. The highest BCUT2D eigenvalue weighted by atomic mass is 16.5. The SMILES string of the molecule is CC1CC(C)N(C(=O)c2cc(C(=O)O)on2)C1. The Bertz CT molecular complexity index is 454. The Labute approximate surface area is 98.2 Å². The lowest BCUT2D eigenvalue weighted by Gasteiger charge is -2.19. The zero-order chi connectivity index (χ0) is 12.6. The molecule has 6 nitrogen and oxygen atoms in total. The van der Waals surface area contributed by atoms with Crippen LogP contribution >= 0.6 is 0 Å². The number of rotatable bonds is 2. The smallest absolute Gasteiger partial charge is 0.374 e. The van der Waals surface area contributed by atoms with Gasteiger partial charge in [-0.05, 0) is 19.3 Å². The Hall–Kier alpha value is -1.85. The van der Waals surface area contributed by atoms with Gasteiger partial charge >= 0.3 is 5.97 Å². The molecule has 2 heterocycles. The second kappa shape index (κ2) is 4.20. The van der Waals surface area contributed by atoms with Gasteiger partial charge in [-0.1, -0.05) is 12.1 Å². The van der Waals surface area contributed by atoms with Crippen molar-refractivity contribution in [3.05, 3.63) is 17.5 Å². The second-order valence-electron chi connectivity index (χ2n) is 4.53. The van der Waals surface area contributed by atoms with E-state index in [2.05, 4.69) is 16.6 Å². The van der Waals surface area contributed by atoms with Gasteiger partial charge in [0, 0.05) is 18.7 Å². The molecule has 0 spiro atoms. The molecule has 0 saturated carbocycles. The second-order valence-corrected chi connectivity index (χ2v) is 4.53. The minimum absolute atomic E-state index is 0.0587. The maximum Gasteiger partial charge on any atom is 0.374 e. The van der Waals surface area contributed by atoms with Crippen molar-refractivity contribution in [2.45, 2.75) is 26.3 Å². The molecule has 2 atom stereocenters. The summed E-state index contributed by atoms with van der Waals surface area (Å²) in [7, 11) is 0. The van der Waals surface area contributed by atoms with E-state index in [4.69, 9.17) is 5.11 Å². The van der Waals surface area contributed by atoms with Gasteiger partial charge in [0.25, 0.3) is 5.91 Å². The van der Waals surface area contributed by atoms with Crippen molar-refractivity contribution in [2.75, 3.05) is 6.54 Å². The molecule has 0 aliphatic carbocycles. The Balaban J connectivity index is 2.16. The zero-order valence-electron chi connectivity index (χ0n) is 9.71. The van der Waals surface area contributed by atoms with E-state index in [0.717, 1.165) is 6.42 Å². The number of carboxylic acids is 1. The van der Waals surface area contributed by atoms with E-state index in [0.29, 0.717) is 12.5 Å². The van der Waals surface area contributed by atoms with Crippen molar-refractivity contribution in [1.29, 1.82) is 0 Å². The Morgan fingerprint density at radius 3 is 2.71 bits per heavy atom. The van der Waals surface area contributed by atoms with E-state index >= 15 is 0 Å². The molecule has 1 saturated heterocycles. The molecule has 0 radical (unpaired) electrons. The number of likely N-dealkylation sites (tertiary alicyclic amines) is 1. The number of aromatic nitrogens is 1. The summed E-state index contributed by atoms with van der Waals surface area (Å²) in [4.78, 5) is 24.4. The third-order valence-corrected chi connectivity index (χ3v) is 2.98. The van der Waals surface area contributed by atoms with Crippen LogP contribution in [0, 0.1) is 5.92 Å². The Kier molecular flexibility index (Phi) is 2.87. The molecule has 1 aromatic rings. The Morgan fingerprint density at radius 1 is 1.53 bits per heavy atom. The number of hydrogen-bond acceptors (Lipinski definition) is 4. The summed E-state index contributed by atoms with van der Waals surface area (Å²) in [5.74, 6) is -1.34. The van der Waals surface area contributed by atoms with Crippen LogP contribution in [0.4, 0.5) is 0 Å². The first kappa shape index (κ1) is 11.6. The number of nitrogens with zero attached hydrogens (tertiary/aromatic N) is 2. The largest absolute Gasteiger partial charge is 0.475 e. The van der Waals surface area contributed by atoms with Crippen LogP contribution in [0.3, 0.4) is 0 Å². The van der Waals surface area contributed by atoms with Crippen molar-refractivity contribution < 1.29 is 19.2 Å². The van der Waals surface area contributed by atoms with Crippen LogP contribution in [0.2, 0.25) is 0 Å². The molecule has 6 heteroatoms. The number of carbonyl (C=O) groups is 2. The topological polar surface area (TPSA) is 83.6 Å². The van der Waals surface area contributed by atoms with Gasteiger partial charge in [0.1, 0.15) is 0 Å². The molecule has 1 amide bonds. The molecule has 2 rings (SSSR count). The molecule has 17 heavy (non-hydrogen) atoms. The predicted molar refractivity (Wildman–Crippen MR) is 57.7 cm³/mol. The van der Waals surface area contributed by atoms with E-state index in [1.165, 1.54) is 6.07 Å². The third-order valence-electron chi connectivity index (χ3n) is 2.98. The zero-order valence-corrected chi connectivity index (χ0v) is 9.71. The fourth-order valence-electron chi connectivity index (χ4n) is 2.21. The molecular formula is C11H14N2O4. The van der Waals surface area contributed by atoms with Gasteiger partial charge in [0.2, 0.25) is 5.76 Å². The number of aromatic carboxylic acids is 1. The molecule has 92 valence electrons. The fourth-order valence-corrected chi connectivity index (χ4v) is 2.21. The van der Waals surface area contributed by atoms with E-state index in [1.54, 1.807) is 4.90 Å².